The standard InChI is InChI=1S/C14H19NO.ClH/c1-16-8-7-12(13-10-14(13)15)9-11-5-3-2-4-6-11;/h2-6,9,13-14H,7-8,10,15H2,1H3;1H/t13-,14?;/m0./s1. The maximum Gasteiger partial charge on any atom is 0.0499 e. The van der Waals surface area contributed by atoms with E-state index in [-0.39, 0.29) is 12.4 Å². The van der Waals surface area contributed by atoms with Crippen LogP contribution in [0.1, 0.15) is 18.4 Å². The van der Waals surface area contributed by atoms with E-state index in [2.05, 4.69) is 30.3 Å². The molecule has 1 aromatic rings. The summed E-state index contributed by atoms with van der Waals surface area (Å²) in [6.07, 6.45) is 4.38. The third kappa shape index (κ3) is 4.15. The van der Waals surface area contributed by atoms with E-state index in [0.717, 1.165) is 19.4 Å². The van der Waals surface area contributed by atoms with Crippen LogP contribution in [0.5, 0.6) is 0 Å². The molecule has 17 heavy (non-hydrogen) atoms. The molecule has 1 unspecified atom stereocenters. The van der Waals surface area contributed by atoms with Gasteiger partial charge in [-0.25, -0.2) is 0 Å². The fourth-order valence-corrected chi connectivity index (χ4v) is 1.99. The second-order valence-corrected chi connectivity index (χ2v) is 4.38. The fraction of sp³-hybridized carbons (Fsp3) is 0.429. The van der Waals surface area contributed by atoms with Gasteiger partial charge in [-0.15, -0.1) is 12.4 Å². The molecular weight excluding hydrogens is 234 g/mol. The molecule has 94 valence electrons. The van der Waals surface area contributed by atoms with Crippen LogP contribution in [0.3, 0.4) is 0 Å². The topological polar surface area (TPSA) is 35.2 Å². The van der Waals surface area contributed by atoms with Crippen molar-refractivity contribution in [1.82, 2.24) is 0 Å². The van der Waals surface area contributed by atoms with Crippen LogP contribution in [0.2, 0.25) is 0 Å². The van der Waals surface area contributed by atoms with Gasteiger partial charge in [0.25, 0.3) is 0 Å². The molecule has 1 fully saturated rings. The second-order valence-electron chi connectivity index (χ2n) is 4.38. The molecule has 0 radical (unpaired) electrons. The van der Waals surface area contributed by atoms with E-state index < -0.39 is 0 Å². The van der Waals surface area contributed by atoms with Crippen LogP contribution in [-0.2, 0) is 4.74 Å². The van der Waals surface area contributed by atoms with Gasteiger partial charge in [-0.05, 0) is 24.3 Å². The van der Waals surface area contributed by atoms with Crippen molar-refractivity contribution in [3.05, 3.63) is 41.5 Å². The van der Waals surface area contributed by atoms with Crippen molar-refractivity contribution in [2.75, 3.05) is 13.7 Å². The normalized spacial score (nSPS) is 23.1. The first kappa shape index (κ1) is 14.2. The van der Waals surface area contributed by atoms with Gasteiger partial charge in [0.15, 0.2) is 0 Å². The summed E-state index contributed by atoms with van der Waals surface area (Å²) in [6.45, 7) is 0.780. The Balaban J connectivity index is 0.00000144. The molecule has 1 aliphatic carbocycles. The van der Waals surface area contributed by atoms with Gasteiger partial charge in [0.05, 0.1) is 0 Å². The smallest absolute Gasteiger partial charge is 0.0499 e. The Hall–Kier alpha value is -0.830. The van der Waals surface area contributed by atoms with E-state index in [1.807, 2.05) is 6.07 Å². The van der Waals surface area contributed by atoms with Crippen molar-refractivity contribution in [3.63, 3.8) is 0 Å². The van der Waals surface area contributed by atoms with Crippen molar-refractivity contribution in [3.8, 4) is 0 Å². The highest BCUT2D eigenvalue weighted by Crippen LogP contribution is 2.38. The van der Waals surface area contributed by atoms with E-state index in [4.69, 9.17) is 10.5 Å². The first-order valence-electron chi connectivity index (χ1n) is 5.81. The summed E-state index contributed by atoms with van der Waals surface area (Å²) >= 11 is 0. The van der Waals surface area contributed by atoms with Gasteiger partial charge in [0, 0.05) is 19.8 Å². The molecule has 2 nitrogen and oxygen atoms in total. The summed E-state index contributed by atoms with van der Waals surface area (Å²) in [5.41, 5.74) is 8.60. The highest BCUT2D eigenvalue weighted by molar-refractivity contribution is 5.85. The Morgan fingerprint density at radius 1 is 1.41 bits per heavy atom. The third-order valence-corrected chi connectivity index (χ3v) is 3.06. The van der Waals surface area contributed by atoms with Gasteiger partial charge in [-0.2, -0.15) is 0 Å². The van der Waals surface area contributed by atoms with E-state index in [1.165, 1.54) is 11.1 Å². The molecule has 1 saturated carbocycles. The first-order valence-corrected chi connectivity index (χ1v) is 5.81. The largest absolute Gasteiger partial charge is 0.384 e. The lowest BCUT2D eigenvalue weighted by atomic mass is 10.0. The monoisotopic (exact) mass is 253 g/mol. The van der Waals surface area contributed by atoms with E-state index in [1.54, 1.807) is 7.11 Å². The molecule has 0 aromatic heterocycles. The van der Waals surface area contributed by atoms with Gasteiger partial charge in [0.2, 0.25) is 0 Å². The lowest BCUT2D eigenvalue weighted by Gasteiger charge is -2.06. The highest BCUT2D eigenvalue weighted by Gasteiger charge is 2.35. The molecule has 0 heterocycles. The summed E-state index contributed by atoms with van der Waals surface area (Å²) in [6, 6.07) is 10.8. The number of benzene rings is 1. The van der Waals surface area contributed by atoms with Crippen LogP contribution < -0.4 is 5.73 Å². The van der Waals surface area contributed by atoms with E-state index >= 15 is 0 Å². The quantitative estimate of drug-likeness (QED) is 0.876. The first-order chi connectivity index (χ1) is 7.81. The minimum Gasteiger partial charge on any atom is -0.384 e. The summed E-state index contributed by atoms with van der Waals surface area (Å²) in [5, 5.41) is 0. The number of rotatable bonds is 5. The van der Waals surface area contributed by atoms with Crippen LogP contribution in [0.25, 0.3) is 6.08 Å². The Bertz CT molecular complexity index is 364. The van der Waals surface area contributed by atoms with E-state index in [0.29, 0.717) is 12.0 Å². The van der Waals surface area contributed by atoms with Crippen LogP contribution in [0.4, 0.5) is 0 Å². The number of halogens is 1. The highest BCUT2D eigenvalue weighted by atomic mass is 35.5. The van der Waals surface area contributed by atoms with Crippen molar-refractivity contribution < 1.29 is 4.74 Å². The van der Waals surface area contributed by atoms with Gasteiger partial charge in [-0.3, -0.25) is 0 Å². The molecule has 0 bridgehead atoms. The molecule has 0 spiro atoms. The molecule has 0 amide bonds. The minimum absolute atomic E-state index is 0. The van der Waals surface area contributed by atoms with Crippen LogP contribution in [0.15, 0.2) is 35.9 Å². The van der Waals surface area contributed by atoms with Gasteiger partial charge < -0.3 is 10.5 Å². The van der Waals surface area contributed by atoms with Crippen molar-refractivity contribution in [2.45, 2.75) is 18.9 Å². The Morgan fingerprint density at radius 3 is 2.59 bits per heavy atom. The SMILES string of the molecule is COCCC(=Cc1ccccc1)[C@@H]1CC1N.Cl. The molecular formula is C14H20ClNO. The molecule has 1 aromatic carbocycles. The fourth-order valence-electron chi connectivity index (χ4n) is 1.99. The number of nitrogens with two attached hydrogens (primary N) is 1. The van der Waals surface area contributed by atoms with Gasteiger partial charge >= 0.3 is 0 Å². The van der Waals surface area contributed by atoms with Crippen molar-refractivity contribution >= 4 is 18.5 Å². The summed E-state index contributed by atoms with van der Waals surface area (Å²) < 4.78 is 5.14. The van der Waals surface area contributed by atoms with Crippen LogP contribution in [0, 0.1) is 5.92 Å². The number of ether oxygens (including phenoxy) is 1. The number of hydrogen-bond donors (Lipinski definition) is 1. The average molecular weight is 254 g/mol. The molecule has 2 rings (SSSR count). The maximum absolute atomic E-state index is 5.91. The maximum atomic E-state index is 5.91. The summed E-state index contributed by atoms with van der Waals surface area (Å²) in [5.74, 6) is 0.579. The third-order valence-electron chi connectivity index (χ3n) is 3.06. The zero-order valence-electron chi connectivity index (χ0n) is 10.1. The van der Waals surface area contributed by atoms with Gasteiger partial charge in [0.1, 0.15) is 0 Å². The molecule has 1 aliphatic rings. The molecule has 0 aliphatic heterocycles. The molecule has 2 atom stereocenters. The molecule has 0 saturated heterocycles. The lowest BCUT2D eigenvalue weighted by molar-refractivity contribution is 0.201. The summed E-state index contributed by atoms with van der Waals surface area (Å²) in [4.78, 5) is 0. The van der Waals surface area contributed by atoms with Crippen molar-refractivity contribution in [2.24, 2.45) is 11.7 Å². The number of hydrogen-bond acceptors (Lipinski definition) is 2. The average Bonchev–Trinajstić information content (AvgIpc) is 3.03. The van der Waals surface area contributed by atoms with Crippen LogP contribution >= 0.6 is 12.4 Å². The zero-order chi connectivity index (χ0) is 11.4. The lowest BCUT2D eigenvalue weighted by Crippen LogP contribution is -2.05. The Kier molecular flexibility index (Phi) is 5.69. The molecule has 2 N–H and O–H groups in total. The predicted octanol–water partition coefficient (Wildman–Crippen LogP) is 2.88. The van der Waals surface area contributed by atoms with Gasteiger partial charge in [-0.1, -0.05) is 42.0 Å². The Labute approximate surface area is 109 Å². The predicted molar refractivity (Wildman–Crippen MR) is 74.2 cm³/mol. The molecule has 3 heteroatoms. The minimum atomic E-state index is 0. The zero-order valence-corrected chi connectivity index (χ0v) is 11.0. The summed E-state index contributed by atoms with van der Waals surface area (Å²) in [7, 11) is 1.74. The van der Waals surface area contributed by atoms with Crippen molar-refractivity contribution in [1.29, 1.82) is 0 Å². The van der Waals surface area contributed by atoms with Crippen LogP contribution in [-0.4, -0.2) is 19.8 Å². The van der Waals surface area contributed by atoms with E-state index in [9.17, 15) is 0 Å². The number of methoxy groups -OCH3 is 1. The Morgan fingerprint density at radius 2 is 2.06 bits per heavy atom. The second kappa shape index (κ2) is 6.80.